The lowest BCUT2D eigenvalue weighted by Gasteiger charge is -2.17. The van der Waals surface area contributed by atoms with Crippen molar-refractivity contribution in [3.63, 3.8) is 0 Å². The summed E-state index contributed by atoms with van der Waals surface area (Å²) in [5, 5.41) is 18.5. The summed E-state index contributed by atoms with van der Waals surface area (Å²) in [6.45, 7) is 1.86. The molecule has 0 heterocycles. The second kappa shape index (κ2) is 10.3. The van der Waals surface area contributed by atoms with Crippen LogP contribution in [0.3, 0.4) is 0 Å². The minimum Gasteiger partial charge on any atom is -0.480 e. The van der Waals surface area contributed by atoms with Crippen molar-refractivity contribution in [2.45, 2.75) is 51.9 Å². The van der Waals surface area contributed by atoms with Crippen molar-refractivity contribution >= 4 is 17.8 Å². The Morgan fingerprint density at radius 3 is 2.32 bits per heavy atom. The molecule has 110 valence electrons. The summed E-state index contributed by atoms with van der Waals surface area (Å²) in [5.41, 5.74) is 0. The minimum atomic E-state index is -1.03. The molecule has 19 heavy (non-hydrogen) atoms. The zero-order valence-corrected chi connectivity index (χ0v) is 11.9. The molecule has 0 aliphatic rings. The Morgan fingerprint density at radius 1 is 1.16 bits per heavy atom. The van der Waals surface area contributed by atoms with Crippen LogP contribution in [-0.4, -0.2) is 41.4 Å². The Hall–Kier alpha value is -1.59. The number of amides is 1. The van der Waals surface area contributed by atoms with E-state index in [1.165, 1.54) is 31.2 Å². The molecular formula is C13H25N3O3. The number of likely N-dealkylation sites (N-methyl/N-ethyl adjacent to an activating group) is 1. The zero-order valence-electron chi connectivity index (χ0n) is 11.9. The quantitative estimate of drug-likeness (QED) is 0.338. The first-order chi connectivity index (χ1) is 8.97. The van der Waals surface area contributed by atoms with E-state index in [2.05, 4.69) is 12.2 Å². The van der Waals surface area contributed by atoms with Gasteiger partial charge < -0.3 is 10.0 Å². The lowest BCUT2D eigenvalue weighted by atomic mass is 10.1. The molecule has 1 amide bonds. The normalized spacial score (nSPS) is 10.0. The van der Waals surface area contributed by atoms with E-state index in [0.29, 0.717) is 6.42 Å². The molecule has 6 nitrogen and oxygen atoms in total. The van der Waals surface area contributed by atoms with E-state index in [1.807, 2.05) is 0 Å². The molecule has 0 aliphatic heterocycles. The molecule has 0 saturated heterocycles. The molecule has 0 radical (unpaired) electrons. The van der Waals surface area contributed by atoms with E-state index in [4.69, 9.17) is 10.5 Å². The van der Waals surface area contributed by atoms with E-state index >= 15 is 0 Å². The third kappa shape index (κ3) is 10.1. The molecule has 3 N–H and O–H groups in total. The Bertz CT molecular complexity index is 306. The summed E-state index contributed by atoms with van der Waals surface area (Å²) in [7, 11) is 1.46. The Balaban J connectivity index is 3.68. The summed E-state index contributed by atoms with van der Waals surface area (Å²) >= 11 is 0. The summed E-state index contributed by atoms with van der Waals surface area (Å²) in [6, 6.07) is 0. The molecule has 0 atom stereocenters. The number of aliphatic carboxylic acids is 1. The second-order valence-corrected chi connectivity index (χ2v) is 4.66. The lowest BCUT2D eigenvalue weighted by Crippen LogP contribution is -2.43. The first-order valence-corrected chi connectivity index (χ1v) is 6.78. The van der Waals surface area contributed by atoms with Crippen molar-refractivity contribution < 1.29 is 14.7 Å². The largest absolute Gasteiger partial charge is 0.480 e. The number of carbonyl (C=O) groups is 2. The van der Waals surface area contributed by atoms with Gasteiger partial charge in [-0.25, -0.2) is 0 Å². The van der Waals surface area contributed by atoms with E-state index in [0.717, 1.165) is 19.3 Å². The first-order valence-electron chi connectivity index (χ1n) is 6.78. The van der Waals surface area contributed by atoms with Crippen LogP contribution in [0.1, 0.15) is 51.9 Å². The number of carboxylic acids is 1. The van der Waals surface area contributed by atoms with Crippen molar-refractivity contribution in [3.8, 4) is 0 Å². The first kappa shape index (κ1) is 17.4. The fourth-order valence-corrected chi connectivity index (χ4v) is 1.64. The van der Waals surface area contributed by atoms with Gasteiger partial charge in [0, 0.05) is 13.5 Å². The number of nitrogens with one attached hydrogen (secondary N) is 2. The highest BCUT2D eigenvalue weighted by Crippen LogP contribution is 2.06. The number of carboxylic acid groups (broad SMARTS) is 1. The second-order valence-electron chi connectivity index (χ2n) is 4.66. The van der Waals surface area contributed by atoms with Gasteiger partial charge in [-0.1, -0.05) is 39.0 Å². The van der Waals surface area contributed by atoms with Gasteiger partial charge >= 0.3 is 5.97 Å². The average molecular weight is 271 g/mol. The highest BCUT2D eigenvalue weighted by molar-refractivity contribution is 5.96. The third-order valence-corrected chi connectivity index (χ3v) is 2.77. The molecule has 0 unspecified atom stereocenters. The molecule has 0 bridgehead atoms. The number of hydrogen-bond donors (Lipinski definition) is 3. The average Bonchev–Trinajstić information content (AvgIpc) is 2.32. The van der Waals surface area contributed by atoms with Gasteiger partial charge in [-0.2, -0.15) is 0 Å². The van der Waals surface area contributed by atoms with Crippen molar-refractivity contribution in [2.24, 2.45) is 0 Å². The smallest absolute Gasteiger partial charge is 0.323 e. The van der Waals surface area contributed by atoms with Crippen molar-refractivity contribution in [3.05, 3.63) is 0 Å². The molecule has 0 aromatic rings. The van der Waals surface area contributed by atoms with Gasteiger partial charge in [-0.05, 0) is 6.42 Å². The van der Waals surface area contributed by atoms with Crippen LogP contribution in [-0.2, 0) is 9.59 Å². The number of nitrogens with zero attached hydrogens (tertiary/aromatic N) is 1. The fraction of sp³-hybridized carbons (Fsp3) is 0.769. The van der Waals surface area contributed by atoms with Gasteiger partial charge in [0.15, 0.2) is 5.96 Å². The molecule has 0 spiro atoms. The van der Waals surface area contributed by atoms with Crippen molar-refractivity contribution in [2.75, 3.05) is 13.6 Å². The van der Waals surface area contributed by atoms with Crippen molar-refractivity contribution in [1.29, 1.82) is 5.41 Å². The monoisotopic (exact) mass is 271 g/mol. The van der Waals surface area contributed by atoms with Crippen LogP contribution in [0, 0.1) is 5.41 Å². The number of unbranched alkanes of at least 4 members (excludes halogenated alkanes) is 5. The SMILES string of the molecule is CCCCCCCCC(=O)NC(=N)N(C)CC(=O)O. The maximum absolute atomic E-state index is 11.5. The topological polar surface area (TPSA) is 93.5 Å². The van der Waals surface area contributed by atoms with Crippen LogP contribution in [0.4, 0.5) is 0 Å². The van der Waals surface area contributed by atoms with Crippen LogP contribution < -0.4 is 5.32 Å². The standard InChI is InChI=1S/C13H25N3O3/c1-3-4-5-6-7-8-9-11(17)15-13(14)16(2)10-12(18)19/h3-10H2,1-2H3,(H,18,19)(H2,14,15,17). The molecule has 0 saturated carbocycles. The predicted octanol–water partition coefficient (Wildman–Crippen LogP) is 1.80. The number of hydrogen-bond acceptors (Lipinski definition) is 3. The summed E-state index contributed by atoms with van der Waals surface area (Å²) in [5.74, 6) is -1.42. The Labute approximate surface area is 114 Å². The van der Waals surface area contributed by atoms with Gasteiger partial charge in [0.1, 0.15) is 6.54 Å². The van der Waals surface area contributed by atoms with E-state index in [-0.39, 0.29) is 18.4 Å². The summed E-state index contributed by atoms with van der Waals surface area (Å²) in [4.78, 5) is 23.1. The molecule has 0 aromatic heterocycles. The van der Waals surface area contributed by atoms with Crippen LogP contribution in [0.15, 0.2) is 0 Å². The fourth-order valence-electron chi connectivity index (χ4n) is 1.64. The summed E-state index contributed by atoms with van der Waals surface area (Å²) in [6.07, 6.45) is 6.99. The van der Waals surface area contributed by atoms with E-state index in [9.17, 15) is 9.59 Å². The summed E-state index contributed by atoms with van der Waals surface area (Å²) < 4.78 is 0. The minimum absolute atomic E-state index is 0.168. The lowest BCUT2D eigenvalue weighted by molar-refractivity contribution is -0.137. The van der Waals surface area contributed by atoms with Gasteiger partial charge in [0.05, 0.1) is 0 Å². The molecule has 0 rings (SSSR count). The van der Waals surface area contributed by atoms with Crippen LogP contribution in [0.5, 0.6) is 0 Å². The van der Waals surface area contributed by atoms with Crippen LogP contribution in [0.25, 0.3) is 0 Å². The number of rotatable bonds is 9. The van der Waals surface area contributed by atoms with E-state index in [1.54, 1.807) is 0 Å². The van der Waals surface area contributed by atoms with Gasteiger partial charge in [-0.15, -0.1) is 0 Å². The Kier molecular flexibility index (Phi) is 9.48. The highest BCUT2D eigenvalue weighted by atomic mass is 16.4. The number of carbonyl (C=O) groups excluding carboxylic acids is 1. The molecule has 6 heteroatoms. The molecule has 0 aliphatic carbocycles. The van der Waals surface area contributed by atoms with Gasteiger partial charge in [-0.3, -0.25) is 20.3 Å². The van der Waals surface area contributed by atoms with E-state index < -0.39 is 5.97 Å². The maximum atomic E-state index is 11.5. The van der Waals surface area contributed by atoms with Crippen molar-refractivity contribution in [1.82, 2.24) is 10.2 Å². The Morgan fingerprint density at radius 2 is 1.74 bits per heavy atom. The molecular weight excluding hydrogens is 246 g/mol. The zero-order chi connectivity index (χ0) is 14.7. The highest BCUT2D eigenvalue weighted by Gasteiger charge is 2.11. The van der Waals surface area contributed by atoms with Crippen LogP contribution >= 0.6 is 0 Å². The third-order valence-electron chi connectivity index (χ3n) is 2.77. The maximum Gasteiger partial charge on any atom is 0.323 e. The number of guanidine groups is 1. The van der Waals surface area contributed by atoms with Gasteiger partial charge in [0.25, 0.3) is 0 Å². The molecule has 0 aromatic carbocycles. The molecule has 0 fully saturated rings. The predicted molar refractivity (Wildman–Crippen MR) is 74.1 cm³/mol. The van der Waals surface area contributed by atoms with Crippen LogP contribution in [0.2, 0.25) is 0 Å². The van der Waals surface area contributed by atoms with Gasteiger partial charge in [0.2, 0.25) is 5.91 Å².